The average Bonchev–Trinajstić information content (AvgIpc) is 2.43. The van der Waals surface area contributed by atoms with Crippen molar-refractivity contribution in [2.24, 2.45) is 0 Å². The van der Waals surface area contributed by atoms with Crippen LogP contribution in [0.1, 0.15) is 23.2 Å². The third kappa shape index (κ3) is 5.61. The molecule has 21 heavy (non-hydrogen) atoms. The summed E-state index contributed by atoms with van der Waals surface area (Å²) in [4.78, 5) is 34.0. The number of nitrogens with one attached hydrogen (secondary N) is 1. The van der Waals surface area contributed by atoms with Crippen LogP contribution in [0.2, 0.25) is 0 Å². The van der Waals surface area contributed by atoms with Gasteiger partial charge in [-0.2, -0.15) is 0 Å². The number of carbonyl (C=O) groups is 3. The Kier molecular flexibility index (Phi) is 8.42. The summed E-state index contributed by atoms with van der Waals surface area (Å²) in [5, 5.41) is 18.7. The van der Waals surface area contributed by atoms with Crippen molar-refractivity contribution in [3.8, 4) is 0 Å². The molecule has 3 N–H and O–H groups in total. The quantitative estimate of drug-likeness (QED) is 0.493. The van der Waals surface area contributed by atoms with Crippen LogP contribution in [-0.4, -0.2) is 46.2 Å². The summed E-state index contributed by atoms with van der Waals surface area (Å²) in [5.41, 5.74) is 2.84. The fourth-order valence-electron chi connectivity index (χ4n) is 1.74. The van der Waals surface area contributed by atoms with Gasteiger partial charge in [0.2, 0.25) is 0 Å². The molecule has 1 atom stereocenters. The van der Waals surface area contributed by atoms with Gasteiger partial charge in [-0.3, -0.25) is 14.6 Å². The van der Waals surface area contributed by atoms with Gasteiger partial charge in [-0.05, 0) is 18.6 Å². The summed E-state index contributed by atoms with van der Waals surface area (Å²) in [6.45, 7) is 0. The maximum Gasteiger partial charge on any atom is 0.328 e. The molecule has 110 valence electrons. The summed E-state index contributed by atoms with van der Waals surface area (Å²) in [7, 11) is 1.41. The van der Waals surface area contributed by atoms with Crippen molar-refractivity contribution in [1.29, 1.82) is 0 Å². The molecule has 1 rings (SSSR count). The number of amides is 1. The van der Waals surface area contributed by atoms with Crippen LogP contribution < -0.4 is 5.43 Å². The van der Waals surface area contributed by atoms with E-state index in [0.29, 0.717) is 5.56 Å². The van der Waals surface area contributed by atoms with E-state index in [4.69, 9.17) is 10.2 Å². The van der Waals surface area contributed by atoms with E-state index in [1.807, 2.05) is 0 Å². The van der Waals surface area contributed by atoms with Crippen molar-refractivity contribution in [2.75, 3.05) is 7.05 Å². The Hall–Kier alpha value is -1.79. The van der Waals surface area contributed by atoms with Crippen LogP contribution in [0.25, 0.3) is 0 Å². The first-order valence-electron chi connectivity index (χ1n) is 5.98. The molecule has 0 radical (unpaired) electrons. The van der Waals surface area contributed by atoms with Crippen LogP contribution in [0.3, 0.4) is 0 Å². The second kappa shape index (κ2) is 9.20. The van der Waals surface area contributed by atoms with Gasteiger partial charge in [0.05, 0.1) is 0 Å². The van der Waals surface area contributed by atoms with E-state index >= 15 is 0 Å². The molecule has 0 aliphatic heterocycles. The van der Waals surface area contributed by atoms with E-state index in [2.05, 4.69) is 5.43 Å². The first-order chi connectivity index (χ1) is 9.47. The molecule has 0 spiro atoms. The van der Waals surface area contributed by atoms with Gasteiger partial charge in [-0.15, -0.1) is 0 Å². The average molecular weight is 346 g/mol. The Labute approximate surface area is 134 Å². The molecular formula is C13H16N2O5Zn. The Morgan fingerprint density at radius 2 is 1.76 bits per heavy atom. The number of hydrogen-bond donors (Lipinski definition) is 3. The van der Waals surface area contributed by atoms with Crippen LogP contribution in [0.15, 0.2) is 30.3 Å². The number of benzene rings is 1. The zero-order valence-electron chi connectivity index (χ0n) is 11.7. The zero-order chi connectivity index (χ0) is 15.1. The summed E-state index contributed by atoms with van der Waals surface area (Å²) in [6.07, 6.45) is -0.513. The number of nitrogens with zero attached hydrogens (tertiary/aromatic N) is 1. The van der Waals surface area contributed by atoms with E-state index in [9.17, 15) is 14.4 Å². The third-order valence-corrected chi connectivity index (χ3v) is 2.71. The van der Waals surface area contributed by atoms with Gasteiger partial charge >= 0.3 is 11.9 Å². The number of carboxylic acids is 2. The molecule has 0 aromatic heterocycles. The molecule has 8 heteroatoms. The molecule has 1 aromatic rings. The van der Waals surface area contributed by atoms with E-state index in [1.165, 1.54) is 7.05 Å². The summed E-state index contributed by atoms with van der Waals surface area (Å²) in [6, 6.07) is 6.93. The van der Waals surface area contributed by atoms with Crippen molar-refractivity contribution < 1.29 is 44.1 Å². The van der Waals surface area contributed by atoms with Crippen LogP contribution in [0, 0.1) is 0 Å². The molecule has 0 aliphatic rings. The van der Waals surface area contributed by atoms with Gasteiger partial charge in [-0.25, -0.2) is 10.2 Å². The van der Waals surface area contributed by atoms with Gasteiger partial charge < -0.3 is 10.2 Å². The van der Waals surface area contributed by atoms with Crippen LogP contribution in [0.4, 0.5) is 0 Å². The molecule has 7 nitrogen and oxygen atoms in total. The minimum absolute atomic E-state index is 0. The summed E-state index contributed by atoms with van der Waals surface area (Å²) >= 11 is 0. The fraction of sp³-hybridized carbons (Fsp3) is 0.308. The first kappa shape index (κ1) is 19.2. The number of carbonyl (C=O) groups excluding carboxylic acids is 1. The van der Waals surface area contributed by atoms with Gasteiger partial charge in [0.25, 0.3) is 5.91 Å². The molecule has 0 bridgehead atoms. The third-order valence-electron chi connectivity index (χ3n) is 2.71. The molecule has 0 fully saturated rings. The standard InChI is InChI=1S/C13H16N2O5.Zn/c1-14-15(10(13(19)20)7-8-11(16)17)12(18)9-5-3-2-4-6-9;/h2-6,10,14H,7-8H2,1H3,(H,16,17)(H,19,20);. The van der Waals surface area contributed by atoms with Crippen LogP contribution >= 0.6 is 0 Å². The minimum Gasteiger partial charge on any atom is -0.481 e. The molecule has 1 aromatic carbocycles. The van der Waals surface area contributed by atoms with Gasteiger partial charge in [0, 0.05) is 38.5 Å². The molecule has 1 amide bonds. The van der Waals surface area contributed by atoms with E-state index in [1.54, 1.807) is 30.3 Å². The Balaban J connectivity index is 0.00000400. The van der Waals surface area contributed by atoms with Gasteiger partial charge in [-0.1, -0.05) is 18.2 Å². The summed E-state index contributed by atoms with van der Waals surface area (Å²) in [5.74, 6) is -2.89. The monoisotopic (exact) mass is 344 g/mol. The number of carboxylic acid groups (broad SMARTS) is 2. The van der Waals surface area contributed by atoms with Crippen molar-refractivity contribution >= 4 is 17.8 Å². The fourth-order valence-corrected chi connectivity index (χ4v) is 1.74. The molecule has 1 unspecified atom stereocenters. The molecule has 0 aliphatic carbocycles. The van der Waals surface area contributed by atoms with Crippen molar-refractivity contribution in [3.05, 3.63) is 35.9 Å². The van der Waals surface area contributed by atoms with Crippen LogP contribution in [-0.2, 0) is 29.1 Å². The molecule has 0 heterocycles. The Morgan fingerprint density at radius 3 is 2.19 bits per heavy atom. The molecular weight excluding hydrogens is 330 g/mol. The summed E-state index contributed by atoms with van der Waals surface area (Å²) < 4.78 is 0. The topological polar surface area (TPSA) is 107 Å². The number of hydrazine groups is 1. The maximum atomic E-state index is 12.2. The smallest absolute Gasteiger partial charge is 0.328 e. The first-order valence-corrected chi connectivity index (χ1v) is 5.98. The van der Waals surface area contributed by atoms with Crippen molar-refractivity contribution in [2.45, 2.75) is 18.9 Å². The number of rotatable bonds is 7. The van der Waals surface area contributed by atoms with Crippen molar-refractivity contribution in [1.82, 2.24) is 10.4 Å². The molecule has 0 saturated carbocycles. The van der Waals surface area contributed by atoms with E-state index in [0.717, 1.165) is 5.01 Å². The van der Waals surface area contributed by atoms with Crippen molar-refractivity contribution in [3.63, 3.8) is 0 Å². The normalized spacial score (nSPS) is 11.1. The second-order valence-electron chi connectivity index (χ2n) is 4.05. The van der Waals surface area contributed by atoms with Gasteiger partial charge in [0.15, 0.2) is 0 Å². The Bertz CT molecular complexity index is 495. The predicted molar refractivity (Wildman–Crippen MR) is 70.0 cm³/mol. The maximum absolute atomic E-state index is 12.2. The van der Waals surface area contributed by atoms with Gasteiger partial charge in [0.1, 0.15) is 6.04 Å². The number of aliphatic carboxylic acids is 2. The van der Waals surface area contributed by atoms with E-state index < -0.39 is 23.9 Å². The van der Waals surface area contributed by atoms with E-state index in [-0.39, 0.29) is 32.3 Å². The largest absolute Gasteiger partial charge is 0.481 e. The molecule has 0 saturated heterocycles. The Morgan fingerprint density at radius 1 is 1.19 bits per heavy atom. The second-order valence-corrected chi connectivity index (χ2v) is 4.05. The zero-order valence-corrected chi connectivity index (χ0v) is 14.6. The minimum atomic E-state index is -1.26. The number of hydrogen-bond acceptors (Lipinski definition) is 4. The SMILES string of the molecule is CNN(C(=O)c1ccccc1)C(CCC(=O)O)C(=O)O.[Zn]. The van der Waals surface area contributed by atoms with Crippen LogP contribution in [0.5, 0.6) is 0 Å². The predicted octanol–water partition coefficient (Wildman–Crippen LogP) is 0.579.